The SMILES string of the molecule is CC1CC(NCC2CCC2)CN(C(=O)OC(C)(C)C)C1. The molecule has 1 aliphatic carbocycles. The first kappa shape index (κ1) is 15.6. The van der Waals surface area contributed by atoms with Gasteiger partial charge < -0.3 is 15.0 Å². The predicted molar refractivity (Wildman–Crippen MR) is 80.7 cm³/mol. The molecule has 1 heterocycles. The summed E-state index contributed by atoms with van der Waals surface area (Å²) < 4.78 is 5.49. The monoisotopic (exact) mass is 282 g/mol. The molecule has 0 aromatic rings. The molecule has 0 spiro atoms. The van der Waals surface area contributed by atoms with E-state index in [4.69, 9.17) is 4.74 Å². The summed E-state index contributed by atoms with van der Waals surface area (Å²) in [7, 11) is 0. The van der Waals surface area contributed by atoms with E-state index in [0.717, 1.165) is 32.0 Å². The van der Waals surface area contributed by atoms with E-state index in [1.54, 1.807) is 0 Å². The summed E-state index contributed by atoms with van der Waals surface area (Å²) in [6.07, 6.45) is 5.11. The number of likely N-dealkylation sites (tertiary alicyclic amines) is 1. The van der Waals surface area contributed by atoms with Crippen molar-refractivity contribution in [3.05, 3.63) is 0 Å². The minimum atomic E-state index is -0.410. The number of nitrogens with zero attached hydrogens (tertiary/aromatic N) is 1. The van der Waals surface area contributed by atoms with Crippen molar-refractivity contribution in [1.29, 1.82) is 0 Å². The molecule has 0 radical (unpaired) electrons. The van der Waals surface area contributed by atoms with Gasteiger partial charge in [-0.25, -0.2) is 4.79 Å². The van der Waals surface area contributed by atoms with E-state index >= 15 is 0 Å². The summed E-state index contributed by atoms with van der Waals surface area (Å²) in [5.41, 5.74) is -0.410. The second kappa shape index (κ2) is 6.33. The minimum Gasteiger partial charge on any atom is -0.444 e. The van der Waals surface area contributed by atoms with Crippen molar-refractivity contribution in [2.75, 3.05) is 19.6 Å². The first-order valence-corrected chi connectivity index (χ1v) is 8.05. The number of rotatable bonds is 3. The molecule has 116 valence electrons. The Balaban J connectivity index is 1.81. The Labute approximate surface area is 123 Å². The highest BCUT2D eigenvalue weighted by molar-refractivity contribution is 5.68. The zero-order chi connectivity index (χ0) is 14.8. The van der Waals surface area contributed by atoms with Crippen molar-refractivity contribution in [2.24, 2.45) is 11.8 Å². The molecule has 0 aromatic carbocycles. The fourth-order valence-electron chi connectivity index (χ4n) is 3.01. The number of carbonyl (C=O) groups excluding carboxylic acids is 1. The van der Waals surface area contributed by atoms with Gasteiger partial charge in [0.25, 0.3) is 0 Å². The van der Waals surface area contributed by atoms with Gasteiger partial charge in [0.1, 0.15) is 5.60 Å². The topological polar surface area (TPSA) is 41.6 Å². The van der Waals surface area contributed by atoms with Crippen LogP contribution in [-0.2, 0) is 4.74 Å². The molecule has 1 amide bonds. The summed E-state index contributed by atoms with van der Waals surface area (Å²) >= 11 is 0. The summed E-state index contributed by atoms with van der Waals surface area (Å²) in [4.78, 5) is 14.1. The summed E-state index contributed by atoms with van der Waals surface area (Å²) in [6, 6.07) is 0.423. The summed E-state index contributed by atoms with van der Waals surface area (Å²) in [5, 5.41) is 3.65. The number of hydrogen-bond donors (Lipinski definition) is 1. The highest BCUT2D eigenvalue weighted by Gasteiger charge is 2.31. The van der Waals surface area contributed by atoms with Gasteiger partial charge in [0.15, 0.2) is 0 Å². The number of piperidine rings is 1. The van der Waals surface area contributed by atoms with Crippen LogP contribution < -0.4 is 5.32 Å². The van der Waals surface area contributed by atoms with Crippen molar-refractivity contribution in [3.8, 4) is 0 Å². The zero-order valence-electron chi connectivity index (χ0n) is 13.4. The molecule has 1 saturated heterocycles. The molecule has 20 heavy (non-hydrogen) atoms. The lowest BCUT2D eigenvalue weighted by molar-refractivity contribution is 0.0134. The fraction of sp³-hybridized carbons (Fsp3) is 0.938. The molecule has 1 saturated carbocycles. The molecule has 1 N–H and O–H groups in total. The van der Waals surface area contributed by atoms with Crippen LogP contribution in [-0.4, -0.2) is 42.3 Å². The average Bonchev–Trinajstić information content (AvgIpc) is 2.23. The maximum atomic E-state index is 12.2. The number of amides is 1. The van der Waals surface area contributed by atoms with Gasteiger partial charge in [-0.05, 0) is 58.4 Å². The zero-order valence-corrected chi connectivity index (χ0v) is 13.4. The molecule has 2 aliphatic rings. The third-order valence-electron chi connectivity index (χ3n) is 4.23. The van der Waals surface area contributed by atoms with Gasteiger partial charge >= 0.3 is 6.09 Å². The van der Waals surface area contributed by atoms with Gasteiger partial charge in [-0.1, -0.05) is 13.3 Å². The van der Waals surface area contributed by atoms with E-state index in [9.17, 15) is 4.79 Å². The van der Waals surface area contributed by atoms with Gasteiger partial charge in [-0.15, -0.1) is 0 Å². The van der Waals surface area contributed by atoms with E-state index in [1.807, 2.05) is 25.7 Å². The third kappa shape index (κ3) is 4.65. The van der Waals surface area contributed by atoms with Crippen LogP contribution in [0.2, 0.25) is 0 Å². The highest BCUT2D eigenvalue weighted by Crippen LogP contribution is 2.26. The number of ether oxygens (including phenoxy) is 1. The standard InChI is InChI=1S/C16H30N2O2/c1-12-8-14(17-9-13-6-5-7-13)11-18(10-12)15(19)20-16(2,3)4/h12-14,17H,5-11H2,1-4H3. The van der Waals surface area contributed by atoms with Crippen molar-refractivity contribution in [3.63, 3.8) is 0 Å². The molecule has 4 heteroatoms. The number of hydrogen-bond acceptors (Lipinski definition) is 3. The predicted octanol–water partition coefficient (Wildman–Crippen LogP) is 3.02. The Bertz CT molecular complexity index is 334. The van der Waals surface area contributed by atoms with Crippen LogP contribution in [0.5, 0.6) is 0 Å². The molecule has 4 nitrogen and oxygen atoms in total. The number of nitrogens with one attached hydrogen (secondary N) is 1. The van der Waals surface area contributed by atoms with Gasteiger partial charge in [-0.2, -0.15) is 0 Å². The lowest BCUT2D eigenvalue weighted by Crippen LogP contribution is -2.52. The average molecular weight is 282 g/mol. The molecule has 0 bridgehead atoms. The highest BCUT2D eigenvalue weighted by atomic mass is 16.6. The van der Waals surface area contributed by atoms with E-state index in [1.165, 1.54) is 19.3 Å². The van der Waals surface area contributed by atoms with E-state index in [0.29, 0.717) is 12.0 Å². The first-order valence-electron chi connectivity index (χ1n) is 8.05. The van der Waals surface area contributed by atoms with Crippen LogP contribution in [0.3, 0.4) is 0 Å². The summed E-state index contributed by atoms with van der Waals surface area (Å²) in [5.74, 6) is 1.40. The van der Waals surface area contributed by atoms with Gasteiger partial charge in [0.05, 0.1) is 0 Å². The van der Waals surface area contributed by atoms with Gasteiger partial charge in [0, 0.05) is 19.1 Å². The maximum Gasteiger partial charge on any atom is 0.410 e. The Morgan fingerprint density at radius 2 is 2.00 bits per heavy atom. The first-order chi connectivity index (χ1) is 9.33. The molecule has 2 unspecified atom stereocenters. The minimum absolute atomic E-state index is 0.167. The normalized spacial score (nSPS) is 28.1. The van der Waals surface area contributed by atoms with Crippen molar-refractivity contribution < 1.29 is 9.53 Å². The van der Waals surface area contributed by atoms with Crippen molar-refractivity contribution in [2.45, 2.75) is 65.0 Å². The second-order valence-corrected chi connectivity index (χ2v) is 7.63. The fourth-order valence-corrected chi connectivity index (χ4v) is 3.01. The van der Waals surface area contributed by atoms with E-state index < -0.39 is 5.60 Å². The molecule has 0 aromatic heterocycles. The van der Waals surface area contributed by atoms with E-state index in [-0.39, 0.29) is 6.09 Å². The quantitative estimate of drug-likeness (QED) is 0.865. The largest absolute Gasteiger partial charge is 0.444 e. The second-order valence-electron chi connectivity index (χ2n) is 7.63. The van der Waals surface area contributed by atoms with Crippen molar-refractivity contribution in [1.82, 2.24) is 10.2 Å². The van der Waals surface area contributed by atoms with Crippen molar-refractivity contribution >= 4 is 6.09 Å². The van der Waals surface area contributed by atoms with Gasteiger partial charge in [0.2, 0.25) is 0 Å². The third-order valence-corrected chi connectivity index (χ3v) is 4.23. The molecule has 2 fully saturated rings. The van der Waals surface area contributed by atoms with Crippen LogP contribution >= 0.6 is 0 Å². The Kier molecular flexibility index (Phi) is 4.95. The van der Waals surface area contributed by atoms with Crippen LogP contribution in [0, 0.1) is 11.8 Å². The van der Waals surface area contributed by atoms with Crippen LogP contribution in [0.4, 0.5) is 4.79 Å². The molecule has 2 atom stereocenters. The summed E-state index contributed by atoms with van der Waals surface area (Å²) in [6.45, 7) is 10.7. The molecular formula is C16H30N2O2. The maximum absolute atomic E-state index is 12.2. The molecule has 1 aliphatic heterocycles. The Morgan fingerprint density at radius 1 is 1.30 bits per heavy atom. The lowest BCUT2D eigenvalue weighted by Gasteiger charge is -2.38. The van der Waals surface area contributed by atoms with E-state index in [2.05, 4.69) is 12.2 Å². The van der Waals surface area contributed by atoms with Crippen LogP contribution in [0.1, 0.15) is 53.4 Å². The number of carbonyl (C=O) groups is 1. The Morgan fingerprint density at radius 3 is 2.55 bits per heavy atom. The lowest BCUT2D eigenvalue weighted by atomic mass is 9.85. The molecular weight excluding hydrogens is 252 g/mol. The van der Waals surface area contributed by atoms with Gasteiger partial charge in [-0.3, -0.25) is 0 Å². The van der Waals surface area contributed by atoms with Crippen LogP contribution in [0.15, 0.2) is 0 Å². The Hall–Kier alpha value is -0.770. The molecule has 2 rings (SSSR count). The van der Waals surface area contributed by atoms with Crippen LogP contribution in [0.25, 0.3) is 0 Å². The smallest absolute Gasteiger partial charge is 0.410 e.